The molecule has 0 aliphatic carbocycles. The Morgan fingerprint density at radius 1 is 1.47 bits per heavy atom. The fourth-order valence-corrected chi connectivity index (χ4v) is 2.57. The number of hydrogen-bond acceptors (Lipinski definition) is 4. The number of nitrogen functional groups attached to an aromatic ring is 1. The summed E-state index contributed by atoms with van der Waals surface area (Å²) in [4.78, 5) is 12.1. The van der Waals surface area contributed by atoms with Gasteiger partial charge in [-0.05, 0) is 18.6 Å². The maximum absolute atomic E-state index is 12.1. The van der Waals surface area contributed by atoms with Gasteiger partial charge in [0.1, 0.15) is 0 Å². The minimum atomic E-state index is -3.70. The Hall–Kier alpha value is -1.07. The van der Waals surface area contributed by atoms with E-state index in [2.05, 4.69) is 0 Å². The first-order chi connectivity index (χ1) is 7.72. The Morgan fingerprint density at radius 2 is 2.06 bits per heavy atom. The number of halogens is 1. The van der Waals surface area contributed by atoms with Gasteiger partial charge >= 0.3 is 0 Å². The number of Topliss-reactive ketones (excluding diaryl/α,β-unsaturated/α-hetero) is 1. The predicted molar refractivity (Wildman–Crippen MR) is 68.9 cm³/mol. The van der Waals surface area contributed by atoms with Gasteiger partial charge in [0.05, 0.1) is 0 Å². The van der Waals surface area contributed by atoms with Gasteiger partial charge in [-0.25, -0.2) is 8.42 Å². The van der Waals surface area contributed by atoms with Gasteiger partial charge in [-0.1, -0.05) is 30.7 Å². The van der Waals surface area contributed by atoms with Gasteiger partial charge in [-0.3, -0.25) is 4.79 Å². The standard InChI is InChI=1S/C11H14ClNO3S/c1-3-11(12,17(2,15)16)10(14)8-5-4-6-9(13)7-8/h4-7H,3,13H2,1-2H3. The number of ketones is 1. The van der Waals surface area contributed by atoms with E-state index < -0.39 is 19.8 Å². The van der Waals surface area contributed by atoms with Gasteiger partial charge in [0.15, 0.2) is 15.6 Å². The molecular weight excluding hydrogens is 262 g/mol. The van der Waals surface area contributed by atoms with Crippen molar-refractivity contribution in [2.24, 2.45) is 0 Å². The van der Waals surface area contributed by atoms with Gasteiger partial charge in [-0.15, -0.1) is 0 Å². The minimum Gasteiger partial charge on any atom is -0.399 e. The van der Waals surface area contributed by atoms with Crippen LogP contribution in [0, 0.1) is 0 Å². The van der Waals surface area contributed by atoms with Crippen LogP contribution in [0.25, 0.3) is 0 Å². The van der Waals surface area contributed by atoms with Crippen molar-refractivity contribution in [3.63, 3.8) is 0 Å². The van der Waals surface area contributed by atoms with Crippen LogP contribution in [0.5, 0.6) is 0 Å². The van der Waals surface area contributed by atoms with Crippen LogP contribution < -0.4 is 5.73 Å². The zero-order valence-corrected chi connectivity index (χ0v) is 11.2. The molecule has 0 saturated carbocycles. The van der Waals surface area contributed by atoms with E-state index in [1.807, 2.05) is 0 Å². The Balaban J connectivity index is 3.29. The summed E-state index contributed by atoms with van der Waals surface area (Å²) in [5.74, 6) is -0.642. The van der Waals surface area contributed by atoms with Crippen molar-refractivity contribution >= 4 is 32.9 Å². The van der Waals surface area contributed by atoms with Crippen LogP contribution in [0.2, 0.25) is 0 Å². The molecule has 0 radical (unpaired) electrons. The number of carbonyl (C=O) groups excluding carboxylic acids is 1. The molecule has 0 aliphatic heterocycles. The van der Waals surface area contributed by atoms with Gasteiger partial charge in [0, 0.05) is 17.5 Å². The monoisotopic (exact) mass is 275 g/mol. The van der Waals surface area contributed by atoms with E-state index >= 15 is 0 Å². The predicted octanol–water partition coefficient (Wildman–Crippen LogP) is 1.84. The van der Waals surface area contributed by atoms with Crippen molar-refractivity contribution in [1.29, 1.82) is 0 Å². The molecule has 2 N–H and O–H groups in total. The summed E-state index contributed by atoms with van der Waals surface area (Å²) in [6, 6.07) is 6.11. The van der Waals surface area contributed by atoms with E-state index in [0.717, 1.165) is 6.26 Å². The van der Waals surface area contributed by atoms with Gasteiger partial charge in [-0.2, -0.15) is 0 Å². The third-order valence-electron chi connectivity index (χ3n) is 2.53. The molecule has 4 nitrogen and oxygen atoms in total. The van der Waals surface area contributed by atoms with Crippen LogP contribution in [0.15, 0.2) is 24.3 Å². The number of rotatable bonds is 4. The van der Waals surface area contributed by atoms with E-state index in [9.17, 15) is 13.2 Å². The highest BCUT2D eigenvalue weighted by atomic mass is 35.5. The van der Waals surface area contributed by atoms with Crippen LogP contribution in [-0.2, 0) is 9.84 Å². The lowest BCUT2D eigenvalue weighted by molar-refractivity contribution is 0.0971. The topological polar surface area (TPSA) is 77.2 Å². The molecule has 0 spiro atoms. The molecule has 17 heavy (non-hydrogen) atoms. The number of hydrogen-bond donors (Lipinski definition) is 1. The van der Waals surface area contributed by atoms with E-state index in [1.165, 1.54) is 12.1 Å². The zero-order chi connectivity index (χ0) is 13.3. The lowest BCUT2D eigenvalue weighted by Crippen LogP contribution is -2.40. The lowest BCUT2D eigenvalue weighted by Gasteiger charge is -2.22. The first-order valence-electron chi connectivity index (χ1n) is 5.01. The molecule has 0 saturated heterocycles. The highest BCUT2D eigenvalue weighted by Gasteiger charge is 2.44. The molecule has 0 aliphatic rings. The third-order valence-corrected chi connectivity index (χ3v) is 5.46. The molecule has 0 amide bonds. The number of alkyl halides is 1. The van der Waals surface area contributed by atoms with Crippen molar-refractivity contribution in [3.05, 3.63) is 29.8 Å². The Bertz CT molecular complexity index is 541. The number of benzene rings is 1. The first kappa shape index (κ1) is 14.0. The maximum atomic E-state index is 12.1. The summed E-state index contributed by atoms with van der Waals surface area (Å²) in [5, 5.41) is 0. The Kier molecular flexibility index (Phi) is 3.84. The summed E-state index contributed by atoms with van der Waals surface area (Å²) in [6.45, 7) is 1.55. The summed E-state index contributed by atoms with van der Waals surface area (Å²) in [5.41, 5.74) is 6.14. The number of sulfone groups is 1. The fraction of sp³-hybridized carbons (Fsp3) is 0.364. The normalized spacial score (nSPS) is 15.2. The van der Waals surface area contributed by atoms with Crippen LogP contribution in [-0.4, -0.2) is 24.7 Å². The number of anilines is 1. The summed E-state index contributed by atoms with van der Waals surface area (Å²) in [7, 11) is -3.70. The SMILES string of the molecule is CCC(Cl)(C(=O)c1cccc(N)c1)S(C)(=O)=O. The molecule has 0 fully saturated rings. The molecule has 0 heterocycles. The smallest absolute Gasteiger partial charge is 0.207 e. The average molecular weight is 276 g/mol. The zero-order valence-electron chi connectivity index (χ0n) is 9.60. The summed E-state index contributed by atoms with van der Waals surface area (Å²) < 4.78 is 21.3. The van der Waals surface area contributed by atoms with Crippen LogP contribution in [0.1, 0.15) is 23.7 Å². The summed E-state index contributed by atoms with van der Waals surface area (Å²) >= 11 is 5.96. The van der Waals surface area contributed by atoms with E-state index in [4.69, 9.17) is 17.3 Å². The van der Waals surface area contributed by atoms with E-state index in [0.29, 0.717) is 5.69 Å². The fourth-order valence-electron chi connectivity index (χ4n) is 1.49. The van der Waals surface area contributed by atoms with Crippen molar-refractivity contribution < 1.29 is 13.2 Å². The Morgan fingerprint density at radius 3 is 2.47 bits per heavy atom. The molecule has 94 valence electrons. The third kappa shape index (κ3) is 2.61. The molecular formula is C11H14ClNO3S. The molecule has 1 rings (SSSR count). The Labute approximate surface area is 106 Å². The minimum absolute atomic E-state index is 0.00101. The van der Waals surface area contributed by atoms with Crippen molar-refractivity contribution in [2.75, 3.05) is 12.0 Å². The van der Waals surface area contributed by atoms with Gasteiger partial charge < -0.3 is 5.73 Å². The number of nitrogens with two attached hydrogens (primary N) is 1. The van der Waals surface area contributed by atoms with Crippen LogP contribution in [0.3, 0.4) is 0 Å². The highest BCUT2D eigenvalue weighted by Crippen LogP contribution is 2.31. The van der Waals surface area contributed by atoms with Gasteiger partial charge in [0.2, 0.25) is 4.21 Å². The summed E-state index contributed by atoms with van der Waals surface area (Å²) in [6.07, 6.45) is 0.953. The second-order valence-corrected chi connectivity index (χ2v) is 6.92. The quantitative estimate of drug-likeness (QED) is 0.517. The van der Waals surface area contributed by atoms with Crippen molar-refractivity contribution in [2.45, 2.75) is 17.6 Å². The van der Waals surface area contributed by atoms with Crippen molar-refractivity contribution in [1.82, 2.24) is 0 Å². The molecule has 1 aromatic rings. The number of carbonyl (C=O) groups is 1. The molecule has 1 aromatic carbocycles. The lowest BCUT2D eigenvalue weighted by atomic mass is 10.1. The molecule has 1 unspecified atom stereocenters. The van der Waals surface area contributed by atoms with Crippen LogP contribution >= 0.6 is 11.6 Å². The average Bonchev–Trinajstić information content (AvgIpc) is 2.25. The molecule has 1 atom stereocenters. The molecule has 0 aromatic heterocycles. The first-order valence-corrected chi connectivity index (χ1v) is 7.28. The van der Waals surface area contributed by atoms with Crippen molar-refractivity contribution in [3.8, 4) is 0 Å². The van der Waals surface area contributed by atoms with Gasteiger partial charge in [0.25, 0.3) is 0 Å². The van der Waals surface area contributed by atoms with Crippen LogP contribution in [0.4, 0.5) is 5.69 Å². The molecule has 6 heteroatoms. The van der Waals surface area contributed by atoms with E-state index in [1.54, 1.807) is 19.1 Å². The molecule has 0 bridgehead atoms. The van der Waals surface area contributed by atoms with E-state index in [-0.39, 0.29) is 12.0 Å². The second-order valence-electron chi connectivity index (χ2n) is 3.81. The largest absolute Gasteiger partial charge is 0.399 e. The maximum Gasteiger partial charge on any atom is 0.207 e. The second kappa shape index (κ2) is 4.66. The highest BCUT2D eigenvalue weighted by molar-refractivity contribution is 7.94.